The van der Waals surface area contributed by atoms with Crippen LogP contribution in [0.25, 0.3) is 0 Å². The summed E-state index contributed by atoms with van der Waals surface area (Å²) in [6.45, 7) is 6.54. The molecule has 1 aromatic rings. The van der Waals surface area contributed by atoms with E-state index in [1.165, 1.54) is 0 Å². The van der Waals surface area contributed by atoms with Crippen LogP contribution in [-0.2, 0) is 4.74 Å². The smallest absolute Gasteiger partial charge is 0.337 e. The number of nitrogens with one attached hydrogen (secondary N) is 1. The van der Waals surface area contributed by atoms with Crippen molar-refractivity contribution < 1.29 is 14.6 Å². The highest BCUT2D eigenvalue weighted by molar-refractivity contribution is 5.94. The summed E-state index contributed by atoms with van der Waals surface area (Å²) in [4.78, 5) is 11.2. The molecule has 0 aliphatic carbocycles. The quantitative estimate of drug-likeness (QED) is 0.877. The van der Waals surface area contributed by atoms with Crippen molar-refractivity contribution in [3.63, 3.8) is 0 Å². The molecule has 0 aromatic heterocycles. The first kappa shape index (κ1) is 13.9. The lowest BCUT2D eigenvalue weighted by atomic mass is 9.82. The minimum Gasteiger partial charge on any atom is -0.478 e. The van der Waals surface area contributed by atoms with Gasteiger partial charge in [-0.25, -0.2) is 4.79 Å². The number of ether oxygens (including phenoxy) is 1. The van der Waals surface area contributed by atoms with Crippen LogP contribution in [0, 0.1) is 12.3 Å². The first-order chi connectivity index (χ1) is 9.00. The van der Waals surface area contributed by atoms with Gasteiger partial charge in [-0.15, -0.1) is 0 Å². The van der Waals surface area contributed by atoms with Crippen molar-refractivity contribution in [2.24, 2.45) is 5.41 Å². The van der Waals surface area contributed by atoms with Gasteiger partial charge in [-0.2, -0.15) is 0 Å². The summed E-state index contributed by atoms with van der Waals surface area (Å²) in [5.41, 5.74) is 2.28. The van der Waals surface area contributed by atoms with E-state index in [9.17, 15) is 9.90 Å². The highest BCUT2D eigenvalue weighted by Crippen LogP contribution is 2.30. The SMILES string of the molecule is Cc1ccc(C(=O)O)c(NCC2(C)CCOCC2)c1. The van der Waals surface area contributed by atoms with E-state index in [1.54, 1.807) is 6.07 Å². The maximum atomic E-state index is 11.2. The van der Waals surface area contributed by atoms with Crippen LogP contribution in [0.4, 0.5) is 5.69 Å². The molecule has 4 heteroatoms. The van der Waals surface area contributed by atoms with Gasteiger partial charge in [-0.1, -0.05) is 13.0 Å². The van der Waals surface area contributed by atoms with Gasteiger partial charge in [0.1, 0.15) is 0 Å². The van der Waals surface area contributed by atoms with E-state index < -0.39 is 5.97 Å². The first-order valence-electron chi connectivity index (χ1n) is 6.66. The number of hydrogen-bond acceptors (Lipinski definition) is 3. The number of carboxylic acids is 1. The molecule has 1 aliphatic rings. The van der Waals surface area contributed by atoms with Crippen LogP contribution in [0.15, 0.2) is 18.2 Å². The Labute approximate surface area is 113 Å². The predicted octanol–water partition coefficient (Wildman–Crippen LogP) is 2.92. The second-order valence-electron chi connectivity index (χ2n) is 5.63. The van der Waals surface area contributed by atoms with Crippen molar-refractivity contribution in [2.75, 3.05) is 25.1 Å². The lowest BCUT2D eigenvalue weighted by molar-refractivity contribution is 0.0299. The lowest BCUT2D eigenvalue weighted by Crippen LogP contribution is -2.33. The van der Waals surface area contributed by atoms with Gasteiger partial charge in [0.05, 0.1) is 5.56 Å². The van der Waals surface area contributed by atoms with E-state index in [4.69, 9.17) is 4.74 Å². The third-order valence-electron chi connectivity index (χ3n) is 3.81. The van der Waals surface area contributed by atoms with Gasteiger partial charge in [0.2, 0.25) is 0 Å². The van der Waals surface area contributed by atoms with E-state index in [1.807, 2.05) is 19.1 Å². The van der Waals surface area contributed by atoms with Crippen molar-refractivity contribution in [1.82, 2.24) is 0 Å². The molecule has 2 N–H and O–H groups in total. The molecule has 1 heterocycles. The van der Waals surface area contributed by atoms with Gasteiger partial charge in [0.15, 0.2) is 0 Å². The topological polar surface area (TPSA) is 58.6 Å². The van der Waals surface area contributed by atoms with Gasteiger partial charge in [-0.05, 0) is 42.9 Å². The molecular weight excluding hydrogens is 242 g/mol. The molecule has 1 saturated heterocycles. The summed E-state index contributed by atoms with van der Waals surface area (Å²) in [6.07, 6.45) is 2.02. The molecule has 0 bridgehead atoms. The van der Waals surface area contributed by atoms with E-state index in [2.05, 4.69) is 12.2 Å². The molecule has 19 heavy (non-hydrogen) atoms. The number of anilines is 1. The minimum atomic E-state index is -0.889. The van der Waals surface area contributed by atoms with Gasteiger partial charge in [0, 0.05) is 25.4 Å². The highest BCUT2D eigenvalue weighted by atomic mass is 16.5. The third-order valence-corrected chi connectivity index (χ3v) is 3.81. The Hall–Kier alpha value is -1.55. The largest absolute Gasteiger partial charge is 0.478 e. The van der Waals surface area contributed by atoms with Crippen molar-refractivity contribution in [2.45, 2.75) is 26.7 Å². The second kappa shape index (κ2) is 5.61. The van der Waals surface area contributed by atoms with Crippen LogP contribution in [0.3, 0.4) is 0 Å². The Kier molecular flexibility index (Phi) is 4.10. The molecule has 0 amide bonds. The van der Waals surface area contributed by atoms with E-state index in [0.29, 0.717) is 11.3 Å². The van der Waals surface area contributed by atoms with Gasteiger partial charge >= 0.3 is 5.97 Å². The summed E-state index contributed by atoms with van der Waals surface area (Å²) in [5, 5.41) is 12.5. The summed E-state index contributed by atoms with van der Waals surface area (Å²) in [7, 11) is 0. The number of rotatable bonds is 4. The molecule has 1 aromatic carbocycles. The van der Waals surface area contributed by atoms with Crippen molar-refractivity contribution in [3.8, 4) is 0 Å². The average molecular weight is 263 g/mol. The Morgan fingerprint density at radius 3 is 2.74 bits per heavy atom. The zero-order valence-corrected chi connectivity index (χ0v) is 11.5. The maximum Gasteiger partial charge on any atom is 0.337 e. The Morgan fingerprint density at radius 1 is 1.42 bits per heavy atom. The fourth-order valence-electron chi connectivity index (χ4n) is 2.34. The molecule has 104 valence electrons. The van der Waals surface area contributed by atoms with Crippen LogP contribution < -0.4 is 5.32 Å². The Bertz CT molecular complexity index is 464. The van der Waals surface area contributed by atoms with Crippen LogP contribution in [0.5, 0.6) is 0 Å². The monoisotopic (exact) mass is 263 g/mol. The highest BCUT2D eigenvalue weighted by Gasteiger charge is 2.27. The molecular formula is C15H21NO3. The molecule has 0 atom stereocenters. The molecule has 1 aliphatic heterocycles. The molecule has 0 radical (unpaired) electrons. The zero-order chi connectivity index (χ0) is 13.9. The Balaban J connectivity index is 2.10. The van der Waals surface area contributed by atoms with Gasteiger partial charge in [0.25, 0.3) is 0 Å². The summed E-state index contributed by atoms with van der Waals surface area (Å²) < 4.78 is 5.38. The van der Waals surface area contributed by atoms with Crippen molar-refractivity contribution in [3.05, 3.63) is 29.3 Å². The fourth-order valence-corrected chi connectivity index (χ4v) is 2.34. The zero-order valence-electron chi connectivity index (χ0n) is 11.5. The number of aromatic carboxylic acids is 1. The van der Waals surface area contributed by atoms with E-state index >= 15 is 0 Å². The number of hydrogen-bond donors (Lipinski definition) is 2. The molecule has 1 fully saturated rings. The van der Waals surface area contributed by atoms with E-state index in [-0.39, 0.29) is 5.41 Å². The van der Waals surface area contributed by atoms with Crippen LogP contribution in [0.1, 0.15) is 35.7 Å². The lowest BCUT2D eigenvalue weighted by Gasteiger charge is -2.34. The number of benzene rings is 1. The molecule has 0 unspecified atom stereocenters. The summed E-state index contributed by atoms with van der Waals surface area (Å²) >= 11 is 0. The number of carbonyl (C=O) groups is 1. The van der Waals surface area contributed by atoms with Gasteiger partial charge in [-0.3, -0.25) is 0 Å². The number of carboxylic acid groups (broad SMARTS) is 1. The summed E-state index contributed by atoms with van der Waals surface area (Å²) in [6, 6.07) is 5.38. The molecule has 2 rings (SSSR count). The van der Waals surface area contributed by atoms with E-state index in [0.717, 1.165) is 38.2 Å². The van der Waals surface area contributed by atoms with Crippen molar-refractivity contribution in [1.29, 1.82) is 0 Å². The molecule has 4 nitrogen and oxygen atoms in total. The van der Waals surface area contributed by atoms with Crippen LogP contribution in [-0.4, -0.2) is 30.8 Å². The number of aryl methyl sites for hydroxylation is 1. The minimum absolute atomic E-state index is 0.178. The summed E-state index contributed by atoms with van der Waals surface area (Å²) in [5.74, 6) is -0.889. The van der Waals surface area contributed by atoms with Crippen molar-refractivity contribution >= 4 is 11.7 Å². The second-order valence-corrected chi connectivity index (χ2v) is 5.63. The van der Waals surface area contributed by atoms with Crippen LogP contribution in [0.2, 0.25) is 0 Å². The Morgan fingerprint density at radius 2 is 2.11 bits per heavy atom. The standard InChI is InChI=1S/C15H21NO3/c1-11-3-4-12(14(17)18)13(9-11)16-10-15(2)5-7-19-8-6-15/h3-4,9,16H,5-8,10H2,1-2H3,(H,17,18). The van der Waals surface area contributed by atoms with Crippen LogP contribution >= 0.6 is 0 Å². The molecule has 0 saturated carbocycles. The predicted molar refractivity (Wildman–Crippen MR) is 74.8 cm³/mol. The first-order valence-corrected chi connectivity index (χ1v) is 6.66. The average Bonchev–Trinajstić information content (AvgIpc) is 2.37. The fraction of sp³-hybridized carbons (Fsp3) is 0.533. The third kappa shape index (κ3) is 3.47. The molecule has 0 spiro atoms. The maximum absolute atomic E-state index is 11.2. The normalized spacial score (nSPS) is 18.0. The van der Waals surface area contributed by atoms with Gasteiger partial charge < -0.3 is 15.2 Å².